The number of anilines is 1. The Hall–Kier alpha value is -1.58. The van der Waals surface area contributed by atoms with Crippen LogP contribution >= 0.6 is 11.6 Å². The van der Waals surface area contributed by atoms with Crippen molar-refractivity contribution in [3.63, 3.8) is 0 Å². The molecular weight excluding hydrogens is 277 g/mol. The minimum atomic E-state index is -0.299. The van der Waals surface area contributed by atoms with Gasteiger partial charge in [0.05, 0.1) is 6.61 Å². The van der Waals surface area contributed by atoms with Crippen molar-refractivity contribution >= 4 is 17.3 Å². The Kier molecular flexibility index (Phi) is 5.39. The van der Waals surface area contributed by atoms with Gasteiger partial charge >= 0.3 is 0 Å². The Morgan fingerprint density at radius 2 is 1.95 bits per heavy atom. The van der Waals surface area contributed by atoms with Crippen molar-refractivity contribution in [2.24, 2.45) is 0 Å². The molecule has 106 valence electrons. The lowest BCUT2D eigenvalue weighted by Gasteiger charge is -2.12. The first-order valence-corrected chi connectivity index (χ1v) is 6.92. The van der Waals surface area contributed by atoms with Crippen LogP contribution in [-0.4, -0.2) is 6.61 Å². The highest BCUT2D eigenvalue weighted by atomic mass is 35.5. The number of halogens is 2. The summed E-state index contributed by atoms with van der Waals surface area (Å²) in [5.74, 6) is -0.299. The number of rotatable bonds is 6. The second-order valence-electron chi connectivity index (χ2n) is 4.38. The first-order chi connectivity index (χ1) is 9.70. The second-order valence-corrected chi connectivity index (χ2v) is 4.82. The molecule has 0 spiro atoms. The van der Waals surface area contributed by atoms with E-state index >= 15 is 0 Å². The van der Waals surface area contributed by atoms with Gasteiger partial charge in [-0.05, 0) is 25.1 Å². The maximum absolute atomic E-state index is 13.7. The van der Waals surface area contributed by atoms with Crippen molar-refractivity contribution in [2.45, 2.75) is 20.1 Å². The molecule has 2 rings (SSSR count). The number of ether oxygens (including phenoxy) is 1. The first kappa shape index (κ1) is 14.8. The minimum absolute atomic E-state index is 0.299. The van der Waals surface area contributed by atoms with Crippen LogP contribution in [0.3, 0.4) is 0 Å². The Bertz CT molecular complexity index is 574. The lowest BCUT2D eigenvalue weighted by molar-refractivity contribution is 0.134. The van der Waals surface area contributed by atoms with Crippen LogP contribution in [0.4, 0.5) is 10.1 Å². The topological polar surface area (TPSA) is 21.3 Å². The molecule has 0 unspecified atom stereocenters. The largest absolute Gasteiger partial charge is 0.381 e. The Labute approximate surface area is 123 Å². The average Bonchev–Trinajstić information content (AvgIpc) is 2.45. The van der Waals surface area contributed by atoms with Gasteiger partial charge < -0.3 is 10.1 Å². The number of nitrogens with one attached hydrogen (secondary N) is 1. The van der Waals surface area contributed by atoms with E-state index in [1.165, 1.54) is 6.07 Å². The standard InChI is InChI=1S/C16H17ClFNO/c1-2-20-11-13-5-3-4-6-16(13)19-10-12-7-8-14(17)9-15(12)18/h3-9,19H,2,10-11H2,1H3. The fourth-order valence-corrected chi connectivity index (χ4v) is 2.04. The summed E-state index contributed by atoms with van der Waals surface area (Å²) in [6.45, 7) is 3.58. The summed E-state index contributed by atoms with van der Waals surface area (Å²) < 4.78 is 19.1. The molecule has 0 heterocycles. The van der Waals surface area contributed by atoms with Gasteiger partial charge in [-0.1, -0.05) is 35.9 Å². The van der Waals surface area contributed by atoms with Crippen LogP contribution in [0, 0.1) is 5.82 Å². The molecular formula is C16H17ClFNO. The van der Waals surface area contributed by atoms with Gasteiger partial charge in [0.2, 0.25) is 0 Å². The van der Waals surface area contributed by atoms with E-state index in [0.717, 1.165) is 11.3 Å². The van der Waals surface area contributed by atoms with E-state index in [-0.39, 0.29) is 5.82 Å². The Balaban J connectivity index is 2.06. The lowest BCUT2D eigenvalue weighted by atomic mass is 10.1. The van der Waals surface area contributed by atoms with E-state index in [1.807, 2.05) is 31.2 Å². The Morgan fingerprint density at radius 1 is 1.15 bits per heavy atom. The summed E-state index contributed by atoms with van der Waals surface area (Å²) in [7, 11) is 0. The minimum Gasteiger partial charge on any atom is -0.381 e. The van der Waals surface area contributed by atoms with Crippen LogP contribution in [0.2, 0.25) is 5.02 Å². The van der Waals surface area contributed by atoms with E-state index < -0.39 is 0 Å². The van der Waals surface area contributed by atoms with Crippen molar-refractivity contribution in [2.75, 3.05) is 11.9 Å². The maximum Gasteiger partial charge on any atom is 0.129 e. The highest BCUT2D eigenvalue weighted by Gasteiger charge is 2.05. The fraction of sp³-hybridized carbons (Fsp3) is 0.250. The van der Waals surface area contributed by atoms with Gasteiger partial charge in [-0.25, -0.2) is 4.39 Å². The quantitative estimate of drug-likeness (QED) is 0.838. The van der Waals surface area contributed by atoms with Crippen LogP contribution < -0.4 is 5.32 Å². The monoisotopic (exact) mass is 293 g/mol. The molecule has 0 saturated carbocycles. The van der Waals surface area contributed by atoms with Crippen LogP contribution in [-0.2, 0) is 17.9 Å². The number of hydrogen-bond acceptors (Lipinski definition) is 2. The molecule has 0 aliphatic carbocycles. The third-order valence-corrected chi connectivity index (χ3v) is 3.20. The van der Waals surface area contributed by atoms with Gasteiger partial charge in [0, 0.05) is 35.0 Å². The summed E-state index contributed by atoms with van der Waals surface area (Å²) in [5, 5.41) is 3.64. The van der Waals surface area contributed by atoms with Crippen molar-refractivity contribution in [3.8, 4) is 0 Å². The SMILES string of the molecule is CCOCc1ccccc1NCc1ccc(Cl)cc1F. The molecule has 0 fully saturated rings. The number of hydrogen-bond donors (Lipinski definition) is 1. The number of para-hydroxylation sites is 1. The molecule has 2 nitrogen and oxygen atoms in total. The molecule has 4 heteroatoms. The lowest BCUT2D eigenvalue weighted by Crippen LogP contribution is -2.05. The second kappa shape index (κ2) is 7.27. The molecule has 0 bridgehead atoms. The molecule has 0 aliphatic heterocycles. The predicted molar refractivity (Wildman–Crippen MR) is 80.5 cm³/mol. The fourth-order valence-electron chi connectivity index (χ4n) is 1.89. The van der Waals surface area contributed by atoms with Crippen LogP contribution in [0.25, 0.3) is 0 Å². The smallest absolute Gasteiger partial charge is 0.129 e. The molecule has 0 aromatic heterocycles. The van der Waals surface area contributed by atoms with E-state index in [1.54, 1.807) is 12.1 Å². The maximum atomic E-state index is 13.7. The number of benzene rings is 2. The summed E-state index contributed by atoms with van der Waals surface area (Å²) in [4.78, 5) is 0. The third-order valence-electron chi connectivity index (χ3n) is 2.96. The third kappa shape index (κ3) is 3.95. The molecule has 20 heavy (non-hydrogen) atoms. The van der Waals surface area contributed by atoms with Crippen molar-refractivity contribution < 1.29 is 9.13 Å². The zero-order valence-corrected chi connectivity index (χ0v) is 12.1. The first-order valence-electron chi connectivity index (χ1n) is 6.54. The zero-order valence-electron chi connectivity index (χ0n) is 11.3. The van der Waals surface area contributed by atoms with Crippen molar-refractivity contribution in [1.82, 2.24) is 0 Å². The van der Waals surface area contributed by atoms with Gasteiger partial charge in [0.25, 0.3) is 0 Å². The van der Waals surface area contributed by atoms with E-state index in [9.17, 15) is 4.39 Å². The van der Waals surface area contributed by atoms with Gasteiger partial charge in [0.15, 0.2) is 0 Å². The van der Waals surface area contributed by atoms with Crippen LogP contribution in [0.1, 0.15) is 18.1 Å². The molecule has 0 radical (unpaired) electrons. The molecule has 1 N–H and O–H groups in total. The summed E-state index contributed by atoms with van der Waals surface area (Å²) in [6.07, 6.45) is 0. The van der Waals surface area contributed by atoms with Crippen LogP contribution in [0.5, 0.6) is 0 Å². The molecule has 2 aromatic carbocycles. The molecule has 2 aromatic rings. The van der Waals surface area contributed by atoms with Crippen molar-refractivity contribution in [3.05, 3.63) is 64.4 Å². The van der Waals surface area contributed by atoms with Gasteiger partial charge in [0.1, 0.15) is 5.82 Å². The Morgan fingerprint density at radius 3 is 2.70 bits per heavy atom. The van der Waals surface area contributed by atoms with E-state index in [2.05, 4.69) is 5.32 Å². The van der Waals surface area contributed by atoms with Gasteiger partial charge in [-0.2, -0.15) is 0 Å². The highest BCUT2D eigenvalue weighted by molar-refractivity contribution is 6.30. The predicted octanol–water partition coefficient (Wildman–Crippen LogP) is 4.63. The zero-order chi connectivity index (χ0) is 14.4. The van der Waals surface area contributed by atoms with E-state index in [4.69, 9.17) is 16.3 Å². The summed E-state index contributed by atoms with van der Waals surface area (Å²) >= 11 is 5.74. The van der Waals surface area contributed by atoms with E-state index in [0.29, 0.717) is 30.3 Å². The molecule has 0 atom stereocenters. The van der Waals surface area contributed by atoms with Crippen LogP contribution in [0.15, 0.2) is 42.5 Å². The normalized spacial score (nSPS) is 10.6. The molecule has 0 aliphatic rings. The molecule has 0 amide bonds. The van der Waals surface area contributed by atoms with Gasteiger partial charge in [-0.3, -0.25) is 0 Å². The average molecular weight is 294 g/mol. The summed E-state index contributed by atoms with van der Waals surface area (Å²) in [6, 6.07) is 12.6. The highest BCUT2D eigenvalue weighted by Crippen LogP contribution is 2.19. The summed E-state index contributed by atoms with van der Waals surface area (Å²) in [5.41, 5.74) is 2.60. The van der Waals surface area contributed by atoms with Gasteiger partial charge in [-0.15, -0.1) is 0 Å². The van der Waals surface area contributed by atoms with Crippen molar-refractivity contribution in [1.29, 1.82) is 0 Å². The molecule has 0 saturated heterocycles.